The molecular weight excluding hydrogens is 208 g/mol. The number of hydrogen-bond acceptors (Lipinski definition) is 2. The van der Waals surface area contributed by atoms with Crippen molar-refractivity contribution >= 4 is 0 Å². The zero-order valence-electron chi connectivity index (χ0n) is 11.4. The molecule has 1 atom stereocenters. The van der Waals surface area contributed by atoms with Gasteiger partial charge in [0.1, 0.15) is 0 Å². The Balaban J connectivity index is 2.81. The Morgan fingerprint density at radius 3 is 2.59 bits per heavy atom. The van der Waals surface area contributed by atoms with E-state index in [1.165, 1.54) is 24.0 Å². The van der Waals surface area contributed by atoms with E-state index in [1.807, 2.05) is 0 Å². The molecule has 17 heavy (non-hydrogen) atoms. The Morgan fingerprint density at radius 2 is 2.06 bits per heavy atom. The van der Waals surface area contributed by atoms with Crippen molar-refractivity contribution in [1.29, 1.82) is 0 Å². The lowest BCUT2D eigenvalue weighted by Gasteiger charge is -2.30. The third-order valence-corrected chi connectivity index (χ3v) is 3.30. The van der Waals surface area contributed by atoms with Crippen LogP contribution in [0.1, 0.15) is 43.9 Å². The van der Waals surface area contributed by atoms with Crippen molar-refractivity contribution in [3.8, 4) is 0 Å². The lowest BCUT2D eigenvalue weighted by atomic mass is 10.0. The van der Waals surface area contributed by atoms with Crippen LogP contribution in [0.15, 0.2) is 24.3 Å². The molecule has 0 saturated carbocycles. The van der Waals surface area contributed by atoms with Crippen LogP contribution in [0, 0.1) is 6.92 Å². The molecule has 0 fully saturated rings. The molecule has 96 valence electrons. The largest absolute Gasteiger partial charge is 0.329 e. The minimum absolute atomic E-state index is 0.367. The number of nitrogens with two attached hydrogens (primary N) is 1. The van der Waals surface area contributed by atoms with E-state index in [2.05, 4.69) is 49.9 Å². The van der Waals surface area contributed by atoms with Crippen molar-refractivity contribution in [1.82, 2.24) is 4.90 Å². The Hall–Kier alpha value is -0.860. The minimum atomic E-state index is 0.367. The standard InChI is InChI=1S/C15H26N2/c1-4-6-10-17(5-2)15(12-16)14-9-7-8-13(3)11-14/h7-9,11,15H,4-6,10,12,16H2,1-3H3. The maximum atomic E-state index is 5.96. The normalized spacial score (nSPS) is 13.0. The van der Waals surface area contributed by atoms with Crippen LogP contribution in [0.3, 0.4) is 0 Å². The highest BCUT2D eigenvalue weighted by molar-refractivity contribution is 5.25. The molecule has 1 unspecified atom stereocenters. The fourth-order valence-electron chi connectivity index (χ4n) is 2.27. The summed E-state index contributed by atoms with van der Waals surface area (Å²) in [5.41, 5.74) is 8.63. The first-order valence-corrected chi connectivity index (χ1v) is 6.73. The zero-order valence-corrected chi connectivity index (χ0v) is 11.4. The number of nitrogens with zero attached hydrogens (tertiary/aromatic N) is 1. The first-order chi connectivity index (χ1) is 8.22. The van der Waals surface area contributed by atoms with Gasteiger partial charge in [0.05, 0.1) is 0 Å². The number of hydrogen-bond donors (Lipinski definition) is 1. The lowest BCUT2D eigenvalue weighted by Crippen LogP contribution is -2.34. The Morgan fingerprint density at radius 1 is 1.29 bits per heavy atom. The second kappa shape index (κ2) is 7.46. The molecule has 2 heteroatoms. The van der Waals surface area contributed by atoms with E-state index in [0.29, 0.717) is 12.6 Å². The van der Waals surface area contributed by atoms with Gasteiger partial charge < -0.3 is 5.73 Å². The van der Waals surface area contributed by atoms with Crippen molar-refractivity contribution in [2.24, 2.45) is 5.73 Å². The maximum Gasteiger partial charge on any atom is 0.0470 e. The summed E-state index contributed by atoms with van der Waals surface area (Å²) in [6.45, 7) is 9.49. The average Bonchev–Trinajstić information content (AvgIpc) is 2.34. The van der Waals surface area contributed by atoms with Crippen LogP contribution in [-0.4, -0.2) is 24.5 Å². The number of likely N-dealkylation sites (N-methyl/N-ethyl adjacent to an activating group) is 1. The highest BCUT2D eigenvalue weighted by Gasteiger charge is 2.16. The molecule has 0 aliphatic heterocycles. The van der Waals surface area contributed by atoms with Gasteiger partial charge in [-0.15, -0.1) is 0 Å². The Bertz CT molecular complexity index is 322. The highest BCUT2D eigenvalue weighted by Crippen LogP contribution is 2.20. The maximum absolute atomic E-state index is 5.96. The van der Waals surface area contributed by atoms with Gasteiger partial charge in [-0.2, -0.15) is 0 Å². The van der Waals surface area contributed by atoms with Crippen LogP contribution in [-0.2, 0) is 0 Å². The van der Waals surface area contributed by atoms with E-state index >= 15 is 0 Å². The zero-order chi connectivity index (χ0) is 12.7. The molecule has 2 nitrogen and oxygen atoms in total. The van der Waals surface area contributed by atoms with Crippen molar-refractivity contribution in [2.45, 2.75) is 39.7 Å². The van der Waals surface area contributed by atoms with Crippen molar-refractivity contribution in [2.75, 3.05) is 19.6 Å². The number of aryl methyl sites for hydroxylation is 1. The second-order valence-corrected chi connectivity index (χ2v) is 4.65. The second-order valence-electron chi connectivity index (χ2n) is 4.65. The lowest BCUT2D eigenvalue weighted by molar-refractivity contribution is 0.209. The molecular formula is C15H26N2. The van der Waals surface area contributed by atoms with Crippen molar-refractivity contribution in [3.05, 3.63) is 35.4 Å². The Kier molecular flexibility index (Phi) is 6.23. The fraction of sp³-hybridized carbons (Fsp3) is 0.600. The summed E-state index contributed by atoms with van der Waals surface area (Å²) in [7, 11) is 0. The van der Waals surface area contributed by atoms with Crippen molar-refractivity contribution < 1.29 is 0 Å². The minimum Gasteiger partial charge on any atom is -0.329 e. The number of unbranched alkanes of at least 4 members (excludes halogenated alkanes) is 1. The molecule has 0 saturated heterocycles. The third kappa shape index (κ3) is 4.14. The molecule has 0 bridgehead atoms. The van der Waals surface area contributed by atoms with Gasteiger partial charge >= 0.3 is 0 Å². The summed E-state index contributed by atoms with van der Waals surface area (Å²) in [6.07, 6.45) is 2.48. The summed E-state index contributed by atoms with van der Waals surface area (Å²) in [6, 6.07) is 9.08. The predicted octanol–water partition coefficient (Wildman–Crippen LogP) is 3.12. The average molecular weight is 234 g/mol. The summed E-state index contributed by atoms with van der Waals surface area (Å²) in [5.74, 6) is 0. The monoisotopic (exact) mass is 234 g/mol. The number of rotatable bonds is 7. The van der Waals surface area contributed by atoms with Crippen LogP contribution in [0.4, 0.5) is 0 Å². The quantitative estimate of drug-likeness (QED) is 0.785. The van der Waals surface area contributed by atoms with Gasteiger partial charge in [-0.25, -0.2) is 0 Å². The molecule has 0 spiro atoms. The Labute approximate surface area is 106 Å². The van der Waals surface area contributed by atoms with E-state index in [-0.39, 0.29) is 0 Å². The summed E-state index contributed by atoms with van der Waals surface area (Å²) < 4.78 is 0. The molecule has 1 aromatic carbocycles. The summed E-state index contributed by atoms with van der Waals surface area (Å²) in [4.78, 5) is 2.48. The number of benzene rings is 1. The van der Waals surface area contributed by atoms with Gasteiger partial charge in [0.2, 0.25) is 0 Å². The van der Waals surface area contributed by atoms with Gasteiger partial charge in [0, 0.05) is 12.6 Å². The topological polar surface area (TPSA) is 29.3 Å². The van der Waals surface area contributed by atoms with Crippen LogP contribution < -0.4 is 5.73 Å². The molecule has 0 aliphatic carbocycles. The van der Waals surface area contributed by atoms with Crippen molar-refractivity contribution in [3.63, 3.8) is 0 Å². The SMILES string of the molecule is CCCCN(CC)C(CN)c1cccc(C)c1. The fourth-order valence-corrected chi connectivity index (χ4v) is 2.27. The highest BCUT2D eigenvalue weighted by atomic mass is 15.2. The summed E-state index contributed by atoms with van der Waals surface area (Å²) in [5, 5.41) is 0. The van der Waals surface area contributed by atoms with Gasteiger partial charge in [0.15, 0.2) is 0 Å². The smallest absolute Gasteiger partial charge is 0.0470 e. The molecule has 0 aromatic heterocycles. The molecule has 2 N–H and O–H groups in total. The van der Waals surface area contributed by atoms with Crippen LogP contribution >= 0.6 is 0 Å². The van der Waals surface area contributed by atoms with Crippen LogP contribution in [0.2, 0.25) is 0 Å². The first-order valence-electron chi connectivity index (χ1n) is 6.73. The molecule has 0 heterocycles. The van der Waals surface area contributed by atoms with E-state index in [4.69, 9.17) is 5.73 Å². The molecule has 1 aromatic rings. The van der Waals surface area contributed by atoms with Crippen LogP contribution in [0.25, 0.3) is 0 Å². The van der Waals surface area contributed by atoms with E-state index in [1.54, 1.807) is 0 Å². The summed E-state index contributed by atoms with van der Waals surface area (Å²) >= 11 is 0. The molecule has 0 aliphatic rings. The van der Waals surface area contributed by atoms with Gasteiger partial charge in [-0.05, 0) is 32.0 Å². The molecule has 0 radical (unpaired) electrons. The van der Waals surface area contributed by atoms with E-state index in [9.17, 15) is 0 Å². The predicted molar refractivity (Wildman–Crippen MR) is 75.1 cm³/mol. The van der Waals surface area contributed by atoms with Crippen LogP contribution in [0.5, 0.6) is 0 Å². The van der Waals surface area contributed by atoms with E-state index in [0.717, 1.165) is 13.1 Å². The third-order valence-electron chi connectivity index (χ3n) is 3.30. The van der Waals surface area contributed by atoms with Gasteiger partial charge in [-0.1, -0.05) is 50.1 Å². The van der Waals surface area contributed by atoms with Gasteiger partial charge in [0.25, 0.3) is 0 Å². The first kappa shape index (κ1) is 14.2. The van der Waals surface area contributed by atoms with Gasteiger partial charge in [-0.3, -0.25) is 4.90 Å². The van der Waals surface area contributed by atoms with E-state index < -0.39 is 0 Å². The molecule has 1 rings (SSSR count). The molecule has 0 amide bonds.